The number of hydrogen-bond acceptors (Lipinski definition) is 5. The maximum Gasteiger partial charge on any atom is 0.255 e. The molecule has 0 aromatic heterocycles. The van der Waals surface area contributed by atoms with Gasteiger partial charge in [0.15, 0.2) is 0 Å². The highest BCUT2D eigenvalue weighted by Gasteiger charge is 2.47. The molecular weight excluding hydrogens is 429 g/mol. The minimum absolute atomic E-state index is 0.119. The molecule has 0 bridgehead atoms. The molecule has 4 amide bonds. The number of fused-ring (bicyclic) bond motifs is 1. The highest BCUT2D eigenvalue weighted by molar-refractivity contribution is 6.09. The number of rotatable bonds is 6. The van der Waals surface area contributed by atoms with Crippen LogP contribution in [-0.4, -0.2) is 42.2 Å². The van der Waals surface area contributed by atoms with Gasteiger partial charge < -0.3 is 15.4 Å². The van der Waals surface area contributed by atoms with Crippen LogP contribution in [0.5, 0.6) is 5.75 Å². The van der Waals surface area contributed by atoms with Crippen LogP contribution in [0.3, 0.4) is 0 Å². The molecule has 2 N–H and O–H groups in total. The van der Waals surface area contributed by atoms with Crippen LogP contribution in [0, 0.1) is 17.7 Å². The molecule has 9 heteroatoms. The molecule has 1 fully saturated rings. The van der Waals surface area contributed by atoms with Crippen molar-refractivity contribution in [2.24, 2.45) is 11.8 Å². The lowest BCUT2D eigenvalue weighted by atomic mass is 9.85. The Morgan fingerprint density at radius 2 is 1.73 bits per heavy atom. The summed E-state index contributed by atoms with van der Waals surface area (Å²) < 4.78 is 18.7. The van der Waals surface area contributed by atoms with Crippen molar-refractivity contribution in [2.45, 2.75) is 12.8 Å². The Morgan fingerprint density at radius 1 is 1.03 bits per heavy atom. The lowest BCUT2D eigenvalue weighted by Gasteiger charge is -2.16. The third kappa shape index (κ3) is 4.62. The molecule has 2 aromatic carbocycles. The van der Waals surface area contributed by atoms with Crippen LogP contribution in [0.4, 0.5) is 15.8 Å². The molecule has 1 aliphatic carbocycles. The van der Waals surface area contributed by atoms with E-state index < -0.39 is 29.5 Å². The Balaban J connectivity index is 1.45. The third-order valence-corrected chi connectivity index (χ3v) is 5.72. The molecular formula is C24H22FN3O5. The molecule has 4 rings (SSSR count). The molecule has 8 nitrogen and oxygen atoms in total. The van der Waals surface area contributed by atoms with Crippen molar-refractivity contribution in [2.75, 3.05) is 24.3 Å². The molecule has 2 aromatic rings. The first-order chi connectivity index (χ1) is 15.9. The first-order valence-electron chi connectivity index (χ1n) is 10.4. The van der Waals surface area contributed by atoms with Crippen LogP contribution in [0.25, 0.3) is 0 Å². The van der Waals surface area contributed by atoms with E-state index in [1.165, 1.54) is 31.4 Å². The van der Waals surface area contributed by atoms with Gasteiger partial charge in [-0.2, -0.15) is 0 Å². The van der Waals surface area contributed by atoms with Crippen molar-refractivity contribution in [3.05, 3.63) is 66.0 Å². The number of allylic oxidation sites excluding steroid dienone is 2. The molecule has 0 spiro atoms. The number of nitrogens with one attached hydrogen (secondary N) is 2. The van der Waals surface area contributed by atoms with E-state index >= 15 is 0 Å². The topological polar surface area (TPSA) is 105 Å². The van der Waals surface area contributed by atoms with Crippen LogP contribution >= 0.6 is 0 Å². The predicted octanol–water partition coefficient (Wildman–Crippen LogP) is 2.98. The standard InChI is InChI=1S/C24H22FN3O5/c1-33-20-10-9-16(12-19(20)27-22(30)14-5-4-6-15(25)11-14)26-21(29)13-28-23(31)17-7-2-3-8-18(17)24(28)32/h2-6,9-12,17-18H,7-8,13H2,1H3,(H,26,29)(H,27,30). The van der Waals surface area contributed by atoms with Gasteiger partial charge in [0.2, 0.25) is 17.7 Å². The van der Waals surface area contributed by atoms with Gasteiger partial charge in [0.05, 0.1) is 24.6 Å². The smallest absolute Gasteiger partial charge is 0.255 e. The minimum atomic E-state index is -0.555. The molecule has 0 radical (unpaired) electrons. The molecule has 1 aliphatic heterocycles. The van der Waals surface area contributed by atoms with Gasteiger partial charge in [-0.1, -0.05) is 18.2 Å². The van der Waals surface area contributed by atoms with Crippen LogP contribution in [0.1, 0.15) is 23.2 Å². The summed E-state index contributed by atoms with van der Waals surface area (Å²) in [7, 11) is 1.42. The van der Waals surface area contributed by atoms with Crippen molar-refractivity contribution in [1.82, 2.24) is 4.90 Å². The maximum atomic E-state index is 13.4. The summed E-state index contributed by atoms with van der Waals surface area (Å²) in [4.78, 5) is 51.2. The van der Waals surface area contributed by atoms with E-state index in [0.29, 0.717) is 24.3 Å². The zero-order valence-corrected chi connectivity index (χ0v) is 17.8. The Labute approximate surface area is 189 Å². The molecule has 170 valence electrons. The van der Waals surface area contributed by atoms with Crippen LogP contribution in [-0.2, 0) is 14.4 Å². The summed E-state index contributed by atoms with van der Waals surface area (Å²) in [6.45, 7) is -0.387. The fourth-order valence-corrected chi connectivity index (χ4v) is 4.08. The van der Waals surface area contributed by atoms with E-state index in [4.69, 9.17) is 4.74 Å². The highest BCUT2D eigenvalue weighted by Crippen LogP contribution is 2.35. The number of halogens is 1. The molecule has 1 heterocycles. The second-order valence-electron chi connectivity index (χ2n) is 7.85. The zero-order chi connectivity index (χ0) is 23.5. The Hall–Kier alpha value is -4.01. The first kappa shape index (κ1) is 22.2. The molecule has 2 atom stereocenters. The SMILES string of the molecule is COc1ccc(NC(=O)CN2C(=O)C3CC=CCC3C2=O)cc1NC(=O)c1cccc(F)c1. The average molecular weight is 451 g/mol. The number of likely N-dealkylation sites (tertiary alicyclic amines) is 1. The summed E-state index contributed by atoms with van der Waals surface area (Å²) in [5.41, 5.74) is 0.706. The number of ether oxygens (including phenoxy) is 1. The number of amides is 4. The molecule has 0 saturated carbocycles. The molecule has 33 heavy (non-hydrogen) atoms. The maximum absolute atomic E-state index is 13.4. The van der Waals surface area contributed by atoms with Gasteiger partial charge in [0.1, 0.15) is 18.1 Å². The summed E-state index contributed by atoms with van der Waals surface area (Å²) in [5, 5.41) is 5.27. The Bertz CT molecular complexity index is 1140. The molecule has 1 saturated heterocycles. The summed E-state index contributed by atoms with van der Waals surface area (Å²) in [6.07, 6.45) is 4.76. The fraction of sp³-hybridized carbons (Fsp3) is 0.250. The van der Waals surface area contributed by atoms with E-state index in [2.05, 4.69) is 10.6 Å². The van der Waals surface area contributed by atoms with Crippen molar-refractivity contribution in [3.63, 3.8) is 0 Å². The van der Waals surface area contributed by atoms with Gasteiger partial charge >= 0.3 is 0 Å². The van der Waals surface area contributed by atoms with Gasteiger partial charge in [0.25, 0.3) is 5.91 Å². The normalized spacial score (nSPS) is 19.3. The van der Waals surface area contributed by atoms with Gasteiger partial charge in [-0.15, -0.1) is 0 Å². The Kier molecular flexibility index (Phi) is 6.21. The first-order valence-corrected chi connectivity index (χ1v) is 10.4. The fourth-order valence-electron chi connectivity index (χ4n) is 4.08. The van der Waals surface area contributed by atoms with Crippen LogP contribution < -0.4 is 15.4 Å². The van der Waals surface area contributed by atoms with E-state index in [1.807, 2.05) is 12.2 Å². The summed E-state index contributed by atoms with van der Waals surface area (Å²) >= 11 is 0. The Morgan fingerprint density at radius 3 is 2.36 bits per heavy atom. The van der Waals surface area contributed by atoms with Gasteiger partial charge in [-0.05, 0) is 49.2 Å². The third-order valence-electron chi connectivity index (χ3n) is 5.72. The highest BCUT2D eigenvalue weighted by atomic mass is 19.1. The number of carbonyl (C=O) groups is 4. The lowest BCUT2D eigenvalue weighted by Crippen LogP contribution is -2.38. The van der Waals surface area contributed by atoms with Crippen LogP contribution in [0.2, 0.25) is 0 Å². The van der Waals surface area contributed by atoms with Crippen molar-refractivity contribution < 1.29 is 28.3 Å². The molecule has 2 aliphatic rings. The van der Waals surface area contributed by atoms with Crippen molar-refractivity contribution in [3.8, 4) is 5.75 Å². The van der Waals surface area contributed by atoms with Crippen LogP contribution in [0.15, 0.2) is 54.6 Å². The number of methoxy groups -OCH3 is 1. The van der Waals surface area contributed by atoms with Gasteiger partial charge in [-0.25, -0.2) is 4.39 Å². The van der Waals surface area contributed by atoms with E-state index in [-0.39, 0.29) is 29.6 Å². The minimum Gasteiger partial charge on any atom is -0.495 e. The monoisotopic (exact) mass is 451 g/mol. The number of nitrogens with zero attached hydrogens (tertiary/aromatic N) is 1. The second-order valence-corrected chi connectivity index (χ2v) is 7.85. The quantitative estimate of drug-likeness (QED) is 0.519. The van der Waals surface area contributed by atoms with E-state index in [9.17, 15) is 23.6 Å². The van der Waals surface area contributed by atoms with Crippen molar-refractivity contribution in [1.29, 1.82) is 0 Å². The number of anilines is 2. The van der Waals surface area contributed by atoms with E-state index in [0.717, 1.165) is 11.0 Å². The second kappa shape index (κ2) is 9.23. The number of benzene rings is 2. The molecule has 2 unspecified atom stereocenters. The average Bonchev–Trinajstić information content (AvgIpc) is 3.04. The largest absolute Gasteiger partial charge is 0.495 e. The summed E-state index contributed by atoms with van der Waals surface area (Å²) in [5.74, 6) is -2.78. The predicted molar refractivity (Wildman–Crippen MR) is 118 cm³/mol. The van der Waals surface area contributed by atoms with Crippen molar-refractivity contribution >= 4 is 35.0 Å². The van der Waals surface area contributed by atoms with E-state index in [1.54, 1.807) is 12.1 Å². The number of carbonyl (C=O) groups excluding carboxylic acids is 4. The summed E-state index contributed by atoms with van der Waals surface area (Å²) in [6, 6.07) is 9.80. The lowest BCUT2D eigenvalue weighted by molar-refractivity contribution is -0.142. The van der Waals surface area contributed by atoms with Gasteiger partial charge in [-0.3, -0.25) is 24.1 Å². The zero-order valence-electron chi connectivity index (χ0n) is 17.8. The number of hydrogen-bond donors (Lipinski definition) is 2. The van der Waals surface area contributed by atoms with Gasteiger partial charge in [0, 0.05) is 11.3 Å². The number of imide groups is 1.